The smallest absolute Gasteiger partial charge is 0.260 e. The number of likely N-dealkylation sites (tertiary alicyclic amines) is 1. The number of carbonyl (C=O) groups is 2. The summed E-state index contributed by atoms with van der Waals surface area (Å²) in [7, 11) is 3.52. The number of amides is 2. The van der Waals surface area contributed by atoms with E-state index in [2.05, 4.69) is 5.16 Å². The van der Waals surface area contributed by atoms with Crippen LogP contribution in [0, 0.1) is 0 Å². The third-order valence-electron chi connectivity index (χ3n) is 5.98. The highest BCUT2D eigenvalue weighted by molar-refractivity contribution is 5.90. The normalized spacial score (nSPS) is 13.9. The van der Waals surface area contributed by atoms with Gasteiger partial charge in [0.05, 0.1) is 18.3 Å². The van der Waals surface area contributed by atoms with Gasteiger partial charge in [0.25, 0.3) is 5.91 Å². The molecule has 34 heavy (non-hydrogen) atoms. The van der Waals surface area contributed by atoms with E-state index in [0.717, 1.165) is 48.8 Å². The Kier molecular flexibility index (Phi) is 7.47. The largest absolute Gasteiger partial charge is 0.469 e. The summed E-state index contributed by atoms with van der Waals surface area (Å²) in [5, 5.41) is 5.00. The molecule has 0 saturated carbocycles. The van der Waals surface area contributed by atoms with Crippen LogP contribution in [0.1, 0.15) is 24.8 Å². The Labute approximate surface area is 199 Å². The standard InChI is InChI=1S/C26H30N4O4/c1-28(18-24(31)30-13-7-4-8-14-30)25(32)19-33-26-16-21-15-20(11-12-23(21)29(26)2)17-27-34-22-9-5-3-6-10-22/h3,5-6,9-12,15-17H,4,7-8,13-14,18-19H2,1-2H3/b27-17+. The molecule has 1 saturated heterocycles. The Morgan fingerprint density at radius 2 is 1.82 bits per heavy atom. The molecular formula is C26H30N4O4. The molecule has 1 aliphatic rings. The van der Waals surface area contributed by atoms with Gasteiger partial charge in [0.15, 0.2) is 18.2 Å². The van der Waals surface area contributed by atoms with Crippen molar-refractivity contribution in [2.75, 3.05) is 33.3 Å². The first-order valence-electron chi connectivity index (χ1n) is 11.5. The van der Waals surface area contributed by atoms with Gasteiger partial charge < -0.3 is 23.9 Å². The van der Waals surface area contributed by atoms with Gasteiger partial charge in [-0.2, -0.15) is 0 Å². The first-order chi connectivity index (χ1) is 16.5. The lowest BCUT2D eigenvalue weighted by Crippen LogP contribution is -2.44. The van der Waals surface area contributed by atoms with Crippen LogP contribution in [0.25, 0.3) is 10.9 Å². The fourth-order valence-corrected chi connectivity index (χ4v) is 3.97. The summed E-state index contributed by atoms with van der Waals surface area (Å²) in [6.45, 7) is 1.50. The summed E-state index contributed by atoms with van der Waals surface area (Å²) in [4.78, 5) is 33.6. The predicted octanol–water partition coefficient (Wildman–Crippen LogP) is 3.44. The van der Waals surface area contributed by atoms with Crippen LogP contribution in [-0.4, -0.2) is 65.7 Å². The van der Waals surface area contributed by atoms with E-state index in [1.807, 2.05) is 71.1 Å². The number of piperidine rings is 1. The van der Waals surface area contributed by atoms with Crippen LogP contribution >= 0.6 is 0 Å². The summed E-state index contributed by atoms with van der Waals surface area (Å²) in [6.07, 6.45) is 4.87. The number of nitrogens with zero attached hydrogens (tertiary/aromatic N) is 4. The van der Waals surface area contributed by atoms with Crippen LogP contribution in [0.4, 0.5) is 0 Å². The van der Waals surface area contributed by atoms with Gasteiger partial charge in [-0.3, -0.25) is 9.59 Å². The second kappa shape index (κ2) is 10.9. The Balaban J connectivity index is 1.34. The van der Waals surface area contributed by atoms with Gasteiger partial charge in [-0.05, 0) is 49.1 Å². The second-order valence-electron chi connectivity index (χ2n) is 8.48. The van der Waals surface area contributed by atoms with E-state index in [1.165, 1.54) is 4.90 Å². The highest BCUT2D eigenvalue weighted by atomic mass is 16.6. The molecule has 8 nitrogen and oxygen atoms in total. The maximum Gasteiger partial charge on any atom is 0.260 e. The van der Waals surface area contributed by atoms with Gasteiger partial charge in [0, 0.05) is 38.6 Å². The fraction of sp³-hybridized carbons (Fsp3) is 0.346. The van der Waals surface area contributed by atoms with Gasteiger partial charge in [0.2, 0.25) is 5.91 Å². The van der Waals surface area contributed by atoms with E-state index in [9.17, 15) is 9.59 Å². The molecule has 1 aromatic heterocycles. The van der Waals surface area contributed by atoms with Crippen LogP contribution in [0.5, 0.6) is 11.6 Å². The molecule has 0 spiro atoms. The number of hydrogen-bond donors (Lipinski definition) is 0. The Bertz CT molecular complexity index is 1170. The van der Waals surface area contributed by atoms with Gasteiger partial charge >= 0.3 is 0 Å². The number of aryl methyl sites for hydroxylation is 1. The van der Waals surface area contributed by atoms with E-state index >= 15 is 0 Å². The molecular weight excluding hydrogens is 432 g/mol. The van der Waals surface area contributed by atoms with Crippen LogP contribution in [-0.2, 0) is 16.6 Å². The van der Waals surface area contributed by atoms with Crippen molar-refractivity contribution in [2.24, 2.45) is 12.2 Å². The van der Waals surface area contributed by atoms with E-state index in [4.69, 9.17) is 9.57 Å². The van der Waals surface area contributed by atoms with Gasteiger partial charge in [0.1, 0.15) is 0 Å². The van der Waals surface area contributed by atoms with Crippen LogP contribution in [0.2, 0.25) is 0 Å². The van der Waals surface area contributed by atoms with Crippen molar-refractivity contribution in [1.82, 2.24) is 14.4 Å². The predicted molar refractivity (Wildman–Crippen MR) is 131 cm³/mol. The lowest BCUT2D eigenvalue weighted by Gasteiger charge is -2.28. The molecule has 1 aliphatic heterocycles. The van der Waals surface area contributed by atoms with Crippen molar-refractivity contribution in [3.8, 4) is 11.6 Å². The Morgan fingerprint density at radius 1 is 1.06 bits per heavy atom. The van der Waals surface area contributed by atoms with Crippen molar-refractivity contribution in [3.63, 3.8) is 0 Å². The number of hydrogen-bond acceptors (Lipinski definition) is 5. The molecule has 0 N–H and O–H groups in total. The van der Waals surface area contributed by atoms with Crippen molar-refractivity contribution in [3.05, 3.63) is 60.2 Å². The third kappa shape index (κ3) is 5.75. The molecule has 0 unspecified atom stereocenters. The molecule has 0 atom stereocenters. The fourth-order valence-electron chi connectivity index (χ4n) is 3.97. The number of benzene rings is 2. The summed E-state index contributed by atoms with van der Waals surface area (Å²) < 4.78 is 7.69. The second-order valence-corrected chi connectivity index (χ2v) is 8.48. The quantitative estimate of drug-likeness (QED) is 0.380. The van der Waals surface area contributed by atoms with Gasteiger partial charge in [-0.15, -0.1) is 0 Å². The molecule has 4 rings (SSSR count). The number of fused-ring (bicyclic) bond motifs is 1. The summed E-state index contributed by atoms with van der Waals surface area (Å²) in [6, 6.07) is 17.1. The van der Waals surface area contributed by atoms with E-state index < -0.39 is 0 Å². The van der Waals surface area contributed by atoms with Crippen LogP contribution in [0.3, 0.4) is 0 Å². The van der Waals surface area contributed by atoms with E-state index in [-0.39, 0.29) is 25.0 Å². The highest BCUT2D eigenvalue weighted by Gasteiger charge is 2.20. The topological polar surface area (TPSA) is 76.4 Å². The Morgan fingerprint density at radius 3 is 2.59 bits per heavy atom. The molecule has 178 valence electrons. The summed E-state index contributed by atoms with van der Waals surface area (Å²) >= 11 is 0. The van der Waals surface area contributed by atoms with Crippen molar-refractivity contribution >= 4 is 28.9 Å². The minimum absolute atomic E-state index is 0.00871. The van der Waals surface area contributed by atoms with E-state index in [0.29, 0.717) is 11.6 Å². The maximum absolute atomic E-state index is 12.5. The number of carbonyl (C=O) groups excluding carboxylic acids is 2. The lowest BCUT2D eigenvalue weighted by atomic mass is 10.1. The molecule has 2 heterocycles. The SMILES string of the molecule is CN(CC(=O)N1CCCCC1)C(=O)COc1cc2cc(/C=N/Oc3ccccc3)ccc2n1C. The first kappa shape index (κ1) is 23.4. The Hall–Kier alpha value is -3.81. The molecule has 3 aromatic rings. The lowest BCUT2D eigenvalue weighted by molar-refractivity contribution is -0.141. The number of oxime groups is 1. The van der Waals surface area contributed by atoms with Crippen molar-refractivity contribution < 1.29 is 19.2 Å². The van der Waals surface area contributed by atoms with Gasteiger partial charge in [-0.25, -0.2) is 0 Å². The molecule has 0 radical (unpaired) electrons. The number of rotatable bonds is 8. The molecule has 2 aromatic carbocycles. The first-order valence-corrected chi connectivity index (χ1v) is 11.5. The van der Waals surface area contributed by atoms with Crippen molar-refractivity contribution in [1.29, 1.82) is 0 Å². The zero-order chi connectivity index (χ0) is 23.9. The van der Waals surface area contributed by atoms with Gasteiger partial charge in [-0.1, -0.05) is 29.4 Å². The molecule has 0 aliphatic carbocycles. The number of aromatic nitrogens is 1. The molecule has 1 fully saturated rings. The average Bonchev–Trinajstić information content (AvgIpc) is 3.18. The zero-order valence-electron chi connectivity index (χ0n) is 19.6. The molecule has 8 heteroatoms. The monoisotopic (exact) mass is 462 g/mol. The molecule has 2 amide bonds. The number of para-hydroxylation sites is 1. The summed E-state index contributed by atoms with van der Waals surface area (Å²) in [5.41, 5.74) is 1.85. The number of likely N-dealkylation sites (N-methyl/N-ethyl adjacent to an activating group) is 1. The minimum atomic E-state index is -0.235. The molecule has 0 bridgehead atoms. The maximum atomic E-state index is 12.5. The number of ether oxygens (including phenoxy) is 1. The average molecular weight is 463 g/mol. The van der Waals surface area contributed by atoms with E-state index in [1.54, 1.807) is 13.3 Å². The third-order valence-corrected chi connectivity index (χ3v) is 5.98. The summed E-state index contributed by atoms with van der Waals surface area (Å²) in [5.74, 6) is 1.00. The van der Waals surface area contributed by atoms with Crippen LogP contribution in [0.15, 0.2) is 59.8 Å². The zero-order valence-corrected chi connectivity index (χ0v) is 19.6. The highest BCUT2D eigenvalue weighted by Crippen LogP contribution is 2.25. The van der Waals surface area contributed by atoms with Crippen LogP contribution < -0.4 is 9.57 Å². The minimum Gasteiger partial charge on any atom is -0.469 e. The van der Waals surface area contributed by atoms with Crippen molar-refractivity contribution in [2.45, 2.75) is 19.3 Å².